The van der Waals surface area contributed by atoms with Gasteiger partial charge < -0.3 is 26.1 Å². The second-order valence-electron chi connectivity index (χ2n) is 1.31. The van der Waals surface area contributed by atoms with Crippen LogP contribution in [0.4, 0.5) is 0 Å². The van der Waals surface area contributed by atoms with Gasteiger partial charge in [0.05, 0.1) is 0 Å². The van der Waals surface area contributed by atoms with Crippen LogP contribution < -0.4 is 0 Å². The van der Waals surface area contributed by atoms with Crippen molar-refractivity contribution in [3.8, 4) is 0 Å². The van der Waals surface area contributed by atoms with E-state index in [-0.39, 0.29) is 16.4 Å². The molecule has 0 aromatic carbocycles. The Bertz CT molecular complexity index is 203. The van der Waals surface area contributed by atoms with Crippen molar-refractivity contribution in [2.75, 3.05) is 0 Å². The zero-order chi connectivity index (χ0) is 8.36. The maximum atomic E-state index is 9.89. The summed E-state index contributed by atoms with van der Waals surface area (Å²) in [5.74, 6) is -2.59. The van der Waals surface area contributed by atoms with Gasteiger partial charge in [0.1, 0.15) is 0 Å². The lowest BCUT2D eigenvalue weighted by Gasteiger charge is -2.03. The Kier molecular flexibility index (Phi) is 13.4. The van der Waals surface area contributed by atoms with Crippen LogP contribution in [0.2, 0.25) is 0 Å². The van der Waals surface area contributed by atoms with E-state index in [9.17, 15) is 9.36 Å². The van der Waals surface area contributed by atoms with Crippen LogP contribution in [0.1, 0.15) is 0 Å². The zero-order valence-corrected chi connectivity index (χ0v) is 7.12. The summed E-state index contributed by atoms with van der Waals surface area (Å²) in [6.07, 6.45) is 0. The summed E-state index contributed by atoms with van der Waals surface area (Å²) in [7, 11) is -4.76. The summed E-state index contributed by atoms with van der Waals surface area (Å²) >= 11 is 0. The first-order valence-electron chi connectivity index (χ1n) is 2.00. The first-order chi connectivity index (χ1) is 4.33. The van der Waals surface area contributed by atoms with E-state index in [1.807, 2.05) is 0 Å². The van der Waals surface area contributed by atoms with Crippen LogP contribution >= 0.6 is 7.82 Å². The van der Waals surface area contributed by atoms with E-state index in [1.54, 1.807) is 0 Å². The van der Waals surface area contributed by atoms with Crippen LogP contribution in [-0.4, -0.2) is 37.3 Å². The number of phosphoric acid groups is 1. The highest BCUT2D eigenvalue weighted by molar-refractivity contribution is 7.46. The number of carboxylic acids is 1. The van der Waals surface area contributed by atoms with Gasteiger partial charge >= 0.3 is 13.8 Å². The number of hydrogen-bond donors (Lipinski definition) is 3. The highest BCUT2D eigenvalue weighted by Gasteiger charge is 2.19. The molecule has 0 aromatic rings. The molecular weight excluding hydrogens is 211 g/mol. The molecule has 0 amide bonds. The smallest absolute Gasteiger partial charge is 0.475 e. The summed E-state index contributed by atoms with van der Waals surface area (Å²) in [6, 6.07) is 0. The highest BCUT2D eigenvalue weighted by atomic mass is 31.2. The third kappa shape index (κ3) is 14.0. The van der Waals surface area contributed by atoms with Crippen LogP contribution in [0.3, 0.4) is 0 Å². The number of phosphoric ester groups is 1. The van der Waals surface area contributed by atoms with Crippen LogP contribution in [0, 0.1) is 0 Å². The lowest BCUT2D eigenvalue weighted by Crippen LogP contribution is -2.01. The molecule has 0 rings (SSSR count). The Morgan fingerprint density at radius 3 is 1.62 bits per heavy atom. The summed E-state index contributed by atoms with van der Waals surface area (Å²) in [5, 5.41) is 7.98. The van der Waals surface area contributed by atoms with Gasteiger partial charge in [0.2, 0.25) is 5.76 Å². The predicted octanol–water partition coefficient (Wildman–Crippen LogP) is -2.78. The van der Waals surface area contributed by atoms with Crippen molar-refractivity contribution in [1.29, 1.82) is 0 Å². The summed E-state index contributed by atoms with van der Waals surface area (Å²) in [4.78, 5) is 25.8. The molecule has 0 aliphatic carbocycles. The summed E-state index contributed by atoms with van der Waals surface area (Å²) in [6.45, 7) is 2.73. The third-order valence-electron chi connectivity index (χ3n) is 0.468. The Hall–Kier alpha value is -0.960. The van der Waals surface area contributed by atoms with Gasteiger partial charge in [0.15, 0.2) is 0 Å². The molecular formula is C3H11O9P. The molecule has 9 N–H and O–H groups in total. The van der Waals surface area contributed by atoms with Gasteiger partial charge in [-0.05, 0) is 6.58 Å². The second kappa shape index (κ2) is 7.68. The van der Waals surface area contributed by atoms with Gasteiger partial charge in [-0.3, -0.25) is 9.79 Å². The van der Waals surface area contributed by atoms with Gasteiger partial charge in [-0.25, -0.2) is 9.36 Å². The van der Waals surface area contributed by atoms with Crippen molar-refractivity contribution in [2.24, 2.45) is 0 Å². The Balaban J connectivity index is -0.000000135. The Labute approximate surface area is 72.4 Å². The van der Waals surface area contributed by atoms with Crippen LogP contribution in [-0.2, 0) is 13.9 Å². The van der Waals surface area contributed by atoms with Gasteiger partial charge in [-0.1, -0.05) is 0 Å². The fraction of sp³-hybridized carbons (Fsp3) is 0. The SMILES string of the molecule is C=C(OP(=O)(O)O)C(=O)O.O.O.O. The van der Waals surface area contributed by atoms with Crippen molar-refractivity contribution in [3.05, 3.63) is 12.3 Å². The molecule has 10 heteroatoms. The monoisotopic (exact) mass is 222 g/mol. The first kappa shape index (κ1) is 22.7. The lowest BCUT2D eigenvalue weighted by molar-refractivity contribution is -0.135. The molecule has 82 valence electrons. The normalized spacial score (nSPS) is 8.15. The molecule has 0 bridgehead atoms. The van der Waals surface area contributed by atoms with E-state index < -0.39 is 19.6 Å². The Morgan fingerprint density at radius 1 is 1.23 bits per heavy atom. The minimum atomic E-state index is -4.76. The largest absolute Gasteiger partial charge is 0.525 e. The molecule has 0 heterocycles. The molecule has 0 saturated carbocycles. The molecule has 13 heavy (non-hydrogen) atoms. The van der Waals surface area contributed by atoms with Crippen molar-refractivity contribution in [2.45, 2.75) is 0 Å². The van der Waals surface area contributed by atoms with E-state index in [0.29, 0.717) is 0 Å². The van der Waals surface area contributed by atoms with Crippen molar-refractivity contribution in [1.82, 2.24) is 0 Å². The van der Waals surface area contributed by atoms with Crippen molar-refractivity contribution < 1.29 is 45.2 Å². The predicted molar refractivity (Wildman–Crippen MR) is 40.7 cm³/mol. The molecule has 0 atom stereocenters. The average molecular weight is 222 g/mol. The third-order valence-corrected chi connectivity index (χ3v) is 0.926. The number of aliphatic carboxylic acids is 1. The zero-order valence-electron chi connectivity index (χ0n) is 6.22. The number of rotatable bonds is 3. The molecule has 0 aromatic heterocycles. The fourth-order valence-corrected chi connectivity index (χ4v) is 0.548. The van der Waals surface area contributed by atoms with Crippen LogP contribution in [0.5, 0.6) is 0 Å². The topological polar surface area (TPSA) is 199 Å². The van der Waals surface area contributed by atoms with Crippen LogP contribution in [0.15, 0.2) is 12.3 Å². The van der Waals surface area contributed by atoms with Crippen LogP contribution in [0.25, 0.3) is 0 Å². The maximum Gasteiger partial charge on any atom is 0.525 e. The standard InChI is InChI=1S/C3H5O6P.3H2O/c1-2(3(4)5)9-10(6,7)8;;;/h1H2,(H,4,5)(H2,6,7,8);3*1H2. The quantitative estimate of drug-likeness (QED) is 0.261. The van der Waals surface area contributed by atoms with E-state index >= 15 is 0 Å². The molecule has 0 aliphatic heterocycles. The number of carboxylic acid groups (broad SMARTS) is 1. The minimum Gasteiger partial charge on any atom is -0.475 e. The average Bonchev–Trinajstić information content (AvgIpc) is 1.60. The molecule has 0 saturated heterocycles. The molecule has 9 nitrogen and oxygen atoms in total. The minimum absolute atomic E-state index is 0. The highest BCUT2D eigenvalue weighted by Crippen LogP contribution is 2.38. The van der Waals surface area contributed by atoms with E-state index in [2.05, 4.69) is 11.1 Å². The van der Waals surface area contributed by atoms with Gasteiger partial charge in [0, 0.05) is 0 Å². The van der Waals surface area contributed by atoms with Crippen molar-refractivity contribution >= 4 is 13.8 Å². The van der Waals surface area contributed by atoms with E-state index in [1.165, 1.54) is 0 Å². The second-order valence-corrected chi connectivity index (χ2v) is 2.47. The van der Waals surface area contributed by atoms with Crippen molar-refractivity contribution in [3.63, 3.8) is 0 Å². The number of carbonyl (C=O) groups is 1. The fourth-order valence-electron chi connectivity index (χ4n) is 0.183. The Morgan fingerprint density at radius 2 is 1.54 bits per heavy atom. The first-order valence-corrected chi connectivity index (χ1v) is 3.53. The molecule has 0 aliphatic rings. The lowest BCUT2D eigenvalue weighted by atomic mass is 10.6. The molecule has 0 spiro atoms. The number of hydrogen-bond acceptors (Lipinski definition) is 3. The molecule has 0 unspecified atom stereocenters. The van der Waals surface area contributed by atoms with Gasteiger partial charge in [-0.2, -0.15) is 0 Å². The summed E-state index contributed by atoms with van der Waals surface area (Å²) in [5.41, 5.74) is 0. The molecule has 0 radical (unpaired) electrons. The maximum absolute atomic E-state index is 9.89. The summed E-state index contributed by atoms with van der Waals surface area (Å²) < 4.78 is 13.5. The molecule has 0 fully saturated rings. The van der Waals surface area contributed by atoms with E-state index in [4.69, 9.17) is 14.9 Å². The van der Waals surface area contributed by atoms with E-state index in [0.717, 1.165) is 0 Å². The van der Waals surface area contributed by atoms with Gasteiger partial charge in [-0.15, -0.1) is 0 Å². The van der Waals surface area contributed by atoms with Gasteiger partial charge in [0.25, 0.3) is 0 Å².